The smallest absolute Gasteiger partial charge is 0.252 e. The van der Waals surface area contributed by atoms with Crippen LogP contribution in [0.4, 0.5) is 11.5 Å². The Hall–Kier alpha value is -3.04. The summed E-state index contributed by atoms with van der Waals surface area (Å²) in [6.45, 7) is 2.76. The third-order valence-corrected chi connectivity index (χ3v) is 8.06. The largest absolute Gasteiger partial charge is 0.495 e. The molecule has 0 saturated carbocycles. The number of hydrogen-bond donors (Lipinski definition) is 1. The van der Waals surface area contributed by atoms with Gasteiger partial charge in [-0.2, -0.15) is 0 Å². The quantitative estimate of drug-likeness (QED) is 0.547. The van der Waals surface area contributed by atoms with Crippen LogP contribution in [0.2, 0.25) is 0 Å². The number of amides is 1. The molecule has 1 atom stereocenters. The molecule has 9 heteroatoms. The zero-order chi connectivity index (χ0) is 23.2. The molecule has 0 unspecified atom stereocenters. The molecule has 0 radical (unpaired) electrons. The van der Waals surface area contributed by atoms with Crippen LogP contribution < -0.4 is 10.1 Å². The average molecular weight is 466 g/mol. The van der Waals surface area contributed by atoms with Crippen molar-refractivity contribution >= 4 is 45.2 Å². The summed E-state index contributed by atoms with van der Waals surface area (Å²) >= 11 is 1.65. The van der Waals surface area contributed by atoms with E-state index in [4.69, 9.17) is 9.57 Å². The Labute approximate surface area is 196 Å². The van der Waals surface area contributed by atoms with E-state index in [1.807, 2.05) is 12.3 Å². The van der Waals surface area contributed by atoms with Crippen molar-refractivity contribution < 1.29 is 14.4 Å². The third kappa shape index (κ3) is 3.55. The van der Waals surface area contributed by atoms with Crippen molar-refractivity contribution in [3.63, 3.8) is 0 Å². The van der Waals surface area contributed by atoms with Crippen LogP contribution in [0.1, 0.15) is 41.3 Å². The summed E-state index contributed by atoms with van der Waals surface area (Å²) in [6, 6.07) is 4.08. The zero-order valence-corrected chi connectivity index (χ0v) is 20.1. The van der Waals surface area contributed by atoms with Crippen LogP contribution in [0, 0.1) is 5.41 Å². The van der Waals surface area contributed by atoms with E-state index in [1.165, 1.54) is 22.6 Å². The van der Waals surface area contributed by atoms with Crippen LogP contribution in [-0.2, 0) is 29.0 Å². The number of hydroxylamine groups is 2. The first-order valence-electron chi connectivity index (χ1n) is 11.0. The van der Waals surface area contributed by atoms with E-state index in [1.54, 1.807) is 31.8 Å². The van der Waals surface area contributed by atoms with E-state index >= 15 is 0 Å². The topological polar surface area (TPSA) is 88.9 Å². The first-order chi connectivity index (χ1) is 16.0. The van der Waals surface area contributed by atoms with Gasteiger partial charge < -0.3 is 10.1 Å². The molecule has 0 bridgehead atoms. The molecule has 33 heavy (non-hydrogen) atoms. The predicted octanol–water partition coefficient (Wildman–Crippen LogP) is 4.28. The van der Waals surface area contributed by atoms with Crippen molar-refractivity contribution in [2.24, 2.45) is 10.4 Å². The summed E-state index contributed by atoms with van der Waals surface area (Å²) in [5.41, 5.74) is 3.86. The normalized spacial score (nSPS) is 18.8. The highest BCUT2D eigenvalue weighted by Crippen LogP contribution is 2.47. The van der Waals surface area contributed by atoms with E-state index in [0.717, 1.165) is 57.9 Å². The highest BCUT2D eigenvalue weighted by Gasteiger charge is 2.43. The second kappa shape index (κ2) is 8.39. The van der Waals surface area contributed by atoms with Gasteiger partial charge in [-0.3, -0.25) is 14.6 Å². The predicted molar refractivity (Wildman–Crippen MR) is 130 cm³/mol. The maximum Gasteiger partial charge on any atom is 0.252 e. The molecule has 3 heterocycles. The van der Waals surface area contributed by atoms with E-state index in [-0.39, 0.29) is 5.91 Å². The maximum atomic E-state index is 13.1. The van der Waals surface area contributed by atoms with E-state index in [0.29, 0.717) is 13.0 Å². The minimum Gasteiger partial charge on any atom is -0.495 e. The highest BCUT2D eigenvalue weighted by atomic mass is 32.1. The van der Waals surface area contributed by atoms with Crippen LogP contribution in [0.15, 0.2) is 23.5 Å². The number of fused-ring (bicyclic) bond motifs is 4. The lowest BCUT2D eigenvalue weighted by atomic mass is 9.71. The Morgan fingerprint density at radius 2 is 2.15 bits per heavy atom. The van der Waals surface area contributed by atoms with Crippen molar-refractivity contribution in [2.45, 2.75) is 39.2 Å². The third-order valence-electron chi connectivity index (χ3n) is 6.92. The van der Waals surface area contributed by atoms with Gasteiger partial charge in [0.2, 0.25) is 0 Å². The molecule has 2 aromatic heterocycles. The lowest BCUT2D eigenvalue weighted by molar-refractivity contribution is -0.181. The fraction of sp³-hybridized carbons (Fsp3) is 0.417. The number of aliphatic imine (C=N–C) groups is 1. The number of nitrogens with zero attached hydrogens (tertiary/aromatic N) is 4. The minimum absolute atomic E-state index is 0.0320. The van der Waals surface area contributed by atoms with Crippen LogP contribution in [0.5, 0.6) is 5.75 Å². The van der Waals surface area contributed by atoms with Gasteiger partial charge >= 0.3 is 0 Å². The van der Waals surface area contributed by atoms with E-state index < -0.39 is 5.41 Å². The molecular weight excluding hydrogens is 438 g/mol. The van der Waals surface area contributed by atoms with Crippen molar-refractivity contribution in [1.82, 2.24) is 15.0 Å². The van der Waals surface area contributed by atoms with Crippen molar-refractivity contribution in [3.8, 4) is 5.75 Å². The Balaban J connectivity index is 1.54. The molecule has 0 fully saturated rings. The van der Waals surface area contributed by atoms with Crippen molar-refractivity contribution in [1.29, 1.82) is 0 Å². The molecule has 1 aliphatic heterocycles. The number of aromatic nitrogens is 2. The highest BCUT2D eigenvalue weighted by molar-refractivity contribution is 7.19. The van der Waals surface area contributed by atoms with Crippen LogP contribution in [0.3, 0.4) is 0 Å². The summed E-state index contributed by atoms with van der Waals surface area (Å²) in [6.07, 6.45) is 6.48. The summed E-state index contributed by atoms with van der Waals surface area (Å²) in [7, 11) is 4.88. The van der Waals surface area contributed by atoms with Crippen LogP contribution in [-0.4, -0.2) is 48.4 Å². The fourth-order valence-corrected chi connectivity index (χ4v) is 6.21. The number of carbonyl (C=O) groups is 1. The Bertz CT molecular complexity index is 1270. The van der Waals surface area contributed by atoms with Gasteiger partial charge in [0.1, 0.15) is 22.7 Å². The van der Waals surface area contributed by atoms with E-state index in [2.05, 4.69) is 33.3 Å². The SMILES string of the molecule is CC[C@]1(C(=O)N(C)OC)CCc2c(sc3ncnc(Nc4cc5c(cc4OC)CN=C5)c23)C1. The molecule has 5 rings (SSSR count). The Morgan fingerprint density at radius 1 is 1.30 bits per heavy atom. The first kappa shape index (κ1) is 21.8. The molecule has 8 nitrogen and oxygen atoms in total. The van der Waals surface area contributed by atoms with Gasteiger partial charge in [0.05, 0.1) is 37.3 Å². The number of methoxy groups -OCH3 is 1. The lowest BCUT2D eigenvalue weighted by Crippen LogP contribution is -2.44. The lowest BCUT2D eigenvalue weighted by Gasteiger charge is -2.37. The van der Waals surface area contributed by atoms with Gasteiger partial charge in [-0.25, -0.2) is 15.0 Å². The number of ether oxygens (including phenoxy) is 1. The van der Waals surface area contributed by atoms with Gasteiger partial charge in [0.25, 0.3) is 5.91 Å². The summed E-state index contributed by atoms with van der Waals surface area (Å²) < 4.78 is 5.64. The molecule has 1 aliphatic carbocycles. The molecular formula is C24H27N5O3S. The second-order valence-corrected chi connectivity index (χ2v) is 9.63. The molecule has 1 amide bonds. The second-order valence-electron chi connectivity index (χ2n) is 8.55. The number of hydrogen-bond acceptors (Lipinski definition) is 8. The number of nitrogens with one attached hydrogen (secondary N) is 1. The van der Waals surface area contributed by atoms with Crippen LogP contribution >= 0.6 is 11.3 Å². The van der Waals surface area contributed by atoms with Crippen molar-refractivity contribution in [3.05, 3.63) is 40.0 Å². The Kier molecular flexibility index (Phi) is 5.54. The Morgan fingerprint density at radius 3 is 2.91 bits per heavy atom. The standard InChI is InChI=1S/C24H27N5O3S/c1-5-24(23(30)29(2)32-4)7-6-16-19(10-24)33-22-20(16)21(26-13-27-22)28-17-8-14-11-25-12-15(14)9-18(17)31-3/h8-9,11,13H,5-7,10,12H2,1-4H3,(H,26,27,28)/t24-/m0/s1. The summed E-state index contributed by atoms with van der Waals surface area (Å²) in [5, 5.41) is 5.88. The monoisotopic (exact) mass is 465 g/mol. The molecule has 2 aliphatic rings. The molecule has 3 aromatic rings. The number of benzene rings is 1. The number of thiophene rings is 1. The molecule has 0 saturated heterocycles. The van der Waals surface area contributed by atoms with Crippen molar-refractivity contribution in [2.75, 3.05) is 26.6 Å². The van der Waals surface area contributed by atoms with Gasteiger partial charge in [-0.05, 0) is 54.5 Å². The number of aryl methyl sites for hydroxylation is 1. The maximum absolute atomic E-state index is 13.1. The molecule has 172 valence electrons. The first-order valence-corrected chi connectivity index (χ1v) is 11.9. The molecule has 0 spiro atoms. The van der Waals surface area contributed by atoms with Crippen LogP contribution in [0.25, 0.3) is 10.2 Å². The molecule has 1 N–H and O–H groups in total. The number of anilines is 2. The van der Waals surface area contributed by atoms with Gasteiger partial charge in [0, 0.05) is 18.1 Å². The van der Waals surface area contributed by atoms with Gasteiger partial charge in [0.15, 0.2) is 0 Å². The number of carbonyl (C=O) groups excluding carboxylic acids is 1. The van der Waals surface area contributed by atoms with Gasteiger partial charge in [-0.1, -0.05) is 6.92 Å². The summed E-state index contributed by atoms with van der Waals surface area (Å²) in [5.74, 6) is 1.55. The number of rotatable bonds is 6. The van der Waals surface area contributed by atoms with E-state index in [9.17, 15) is 4.79 Å². The van der Waals surface area contributed by atoms with Gasteiger partial charge in [-0.15, -0.1) is 11.3 Å². The minimum atomic E-state index is -0.456. The zero-order valence-electron chi connectivity index (χ0n) is 19.3. The fourth-order valence-electron chi connectivity index (χ4n) is 4.88. The molecule has 1 aromatic carbocycles. The summed E-state index contributed by atoms with van der Waals surface area (Å²) in [4.78, 5) is 34.0. The average Bonchev–Trinajstić information content (AvgIpc) is 3.45.